The summed E-state index contributed by atoms with van der Waals surface area (Å²) in [7, 11) is 0. The van der Waals surface area contributed by atoms with Gasteiger partial charge in [0.1, 0.15) is 6.04 Å². The summed E-state index contributed by atoms with van der Waals surface area (Å²) in [5.74, 6) is -1.85. The number of likely N-dealkylation sites (tertiary alicyclic amines) is 1. The minimum absolute atomic E-state index is 0.0144. The molecule has 0 bridgehead atoms. The number of halogens is 3. The van der Waals surface area contributed by atoms with Gasteiger partial charge in [0.2, 0.25) is 11.9 Å². The lowest BCUT2D eigenvalue weighted by Gasteiger charge is -2.44. The lowest BCUT2D eigenvalue weighted by molar-refractivity contribution is -0.276. The SMILES string of the molecule is C[C@@H]1[C@H](CN2CCN(c3ncccn3)CC2)O[C@H](c2ccc(CNC(=O)[C@@H]3CCCN3C(=O)C(F)(F)F)cc2)O[C@@H]1c1ccc(CO)cc1. The van der Waals surface area contributed by atoms with E-state index in [1.165, 1.54) is 0 Å². The number of carbonyl (C=O) groups excluding carboxylic acids is 2. The van der Waals surface area contributed by atoms with E-state index in [4.69, 9.17) is 9.47 Å². The second-order valence-electron chi connectivity index (χ2n) is 12.8. The molecule has 49 heavy (non-hydrogen) atoms. The molecule has 5 atom stereocenters. The fraction of sp³-hybridized carbons (Fsp3) is 0.486. The van der Waals surface area contributed by atoms with Crippen LogP contribution in [0.2, 0.25) is 0 Å². The van der Waals surface area contributed by atoms with Crippen molar-refractivity contribution in [3.63, 3.8) is 0 Å². The van der Waals surface area contributed by atoms with E-state index >= 15 is 0 Å². The summed E-state index contributed by atoms with van der Waals surface area (Å²) in [6.07, 6.45) is -2.12. The number of nitrogens with zero attached hydrogens (tertiary/aromatic N) is 5. The van der Waals surface area contributed by atoms with Crippen LogP contribution in [0.15, 0.2) is 67.0 Å². The van der Waals surface area contributed by atoms with E-state index in [0.717, 1.165) is 54.4 Å². The van der Waals surface area contributed by atoms with E-state index in [1.54, 1.807) is 18.5 Å². The molecule has 6 rings (SSSR count). The van der Waals surface area contributed by atoms with Crippen LogP contribution in [0, 0.1) is 5.92 Å². The van der Waals surface area contributed by atoms with Crippen molar-refractivity contribution in [2.75, 3.05) is 44.2 Å². The highest BCUT2D eigenvalue weighted by Gasteiger charge is 2.47. The van der Waals surface area contributed by atoms with Gasteiger partial charge in [-0.3, -0.25) is 14.5 Å². The van der Waals surface area contributed by atoms with Crippen molar-refractivity contribution in [3.8, 4) is 0 Å². The van der Waals surface area contributed by atoms with Crippen LogP contribution >= 0.6 is 0 Å². The molecule has 0 aliphatic carbocycles. The summed E-state index contributed by atoms with van der Waals surface area (Å²) in [4.78, 5) is 38.5. The number of amides is 2. The number of hydrogen-bond acceptors (Lipinski definition) is 9. The number of alkyl halides is 3. The van der Waals surface area contributed by atoms with Gasteiger partial charge in [-0.1, -0.05) is 55.5 Å². The van der Waals surface area contributed by atoms with Crippen LogP contribution in [0.25, 0.3) is 0 Å². The molecule has 0 spiro atoms. The van der Waals surface area contributed by atoms with Crippen LogP contribution in [0.5, 0.6) is 0 Å². The minimum Gasteiger partial charge on any atom is -0.392 e. The quantitative estimate of drug-likeness (QED) is 0.348. The Morgan fingerprint density at radius 3 is 2.22 bits per heavy atom. The van der Waals surface area contributed by atoms with Gasteiger partial charge in [0, 0.05) is 69.7 Å². The van der Waals surface area contributed by atoms with Gasteiger partial charge < -0.3 is 29.7 Å². The zero-order valence-corrected chi connectivity index (χ0v) is 27.3. The first-order valence-electron chi connectivity index (χ1n) is 16.6. The molecule has 0 saturated carbocycles. The van der Waals surface area contributed by atoms with Crippen molar-refractivity contribution in [2.45, 2.75) is 63.6 Å². The molecule has 2 amide bonds. The molecule has 2 aromatic carbocycles. The molecule has 3 aromatic rings. The summed E-state index contributed by atoms with van der Waals surface area (Å²) >= 11 is 0. The molecule has 0 unspecified atom stereocenters. The second kappa shape index (κ2) is 15.2. The smallest absolute Gasteiger partial charge is 0.392 e. The molecule has 3 aliphatic rings. The Bertz CT molecular complexity index is 1550. The van der Waals surface area contributed by atoms with Crippen LogP contribution in [0.4, 0.5) is 19.1 Å². The lowest BCUT2D eigenvalue weighted by Crippen LogP contribution is -2.51. The number of anilines is 1. The van der Waals surface area contributed by atoms with E-state index < -0.39 is 30.3 Å². The Kier molecular flexibility index (Phi) is 10.8. The van der Waals surface area contributed by atoms with Crippen LogP contribution in [-0.2, 0) is 32.2 Å². The Labute approximate surface area is 283 Å². The number of aromatic nitrogens is 2. The predicted molar refractivity (Wildman–Crippen MR) is 173 cm³/mol. The van der Waals surface area contributed by atoms with E-state index in [9.17, 15) is 27.9 Å². The van der Waals surface area contributed by atoms with Crippen LogP contribution in [-0.4, -0.2) is 94.3 Å². The number of ether oxygens (including phenoxy) is 2. The van der Waals surface area contributed by atoms with Gasteiger partial charge in [0.25, 0.3) is 0 Å². The van der Waals surface area contributed by atoms with Crippen molar-refractivity contribution in [2.24, 2.45) is 5.92 Å². The molecule has 3 saturated heterocycles. The average Bonchev–Trinajstić information content (AvgIpc) is 3.62. The normalized spacial score (nSPS) is 25.0. The molecule has 0 radical (unpaired) electrons. The third-order valence-corrected chi connectivity index (χ3v) is 9.55. The molecule has 3 fully saturated rings. The van der Waals surface area contributed by atoms with Crippen LogP contribution < -0.4 is 10.2 Å². The van der Waals surface area contributed by atoms with Crippen LogP contribution in [0.1, 0.15) is 54.4 Å². The summed E-state index contributed by atoms with van der Waals surface area (Å²) < 4.78 is 52.2. The number of piperazine rings is 1. The lowest BCUT2D eigenvalue weighted by atomic mass is 9.90. The highest BCUT2D eigenvalue weighted by molar-refractivity contribution is 5.90. The first-order chi connectivity index (χ1) is 23.6. The third-order valence-electron chi connectivity index (χ3n) is 9.55. The van der Waals surface area contributed by atoms with E-state index in [1.807, 2.05) is 48.5 Å². The fourth-order valence-electron chi connectivity index (χ4n) is 6.71. The zero-order valence-electron chi connectivity index (χ0n) is 27.3. The molecule has 14 heteroatoms. The van der Waals surface area contributed by atoms with E-state index in [0.29, 0.717) is 17.9 Å². The summed E-state index contributed by atoms with van der Waals surface area (Å²) in [5, 5.41) is 12.2. The number of carbonyl (C=O) groups is 2. The molecule has 11 nitrogen and oxygen atoms in total. The summed E-state index contributed by atoms with van der Waals surface area (Å²) in [6.45, 7) is 6.03. The Balaban J connectivity index is 1.11. The molecule has 262 valence electrons. The molecule has 1 aromatic heterocycles. The maximum absolute atomic E-state index is 13.0. The van der Waals surface area contributed by atoms with Gasteiger partial charge >= 0.3 is 12.1 Å². The standard InChI is InChI=1S/C35H41F3N6O5/c1-23-29(21-42-16-18-43(19-17-42)34-39-13-3-14-40-34)48-32(49-30(23)26-9-7-25(22-45)8-10-26)27-11-5-24(6-12-27)20-41-31(46)28-4-2-15-44(28)33(47)35(36,37)38/h3,5-14,23,28-30,32,45H,2,4,15-22H2,1H3,(H,41,46)/t23-,28+,29+,30+,32+/m1/s1. The van der Waals surface area contributed by atoms with Gasteiger partial charge in [-0.2, -0.15) is 13.2 Å². The second-order valence-corrected chi connectivity index (χ2v) is 12.8. The Hall–Kier alpha value is -4.11. The number of nitrogens with one attached hydrogen (secondary N) is 1. The van der Waals surface area contributed by atoms with Gasteiger partial charge in [0.05, 0.1) is 18.8 Å². The van der Waals surface area contributed by atoms with Gasteiger partial charge in [-0.15, -0.1) is 0 Å². The highest BCUT2D eigenvalue weighted by atomic mass is 19.4. The predicted octanol–water partition coefficient (Wildman–Crippen LogP) is 3.75. The maximum atomic E-state index is 13.0. The number of aliphatic hydroxyl groups is 1. The van der Waals surface area contributed by atoms with Gasteiger partial charge in [-0.25, -0.2) is 9.97 Å². The molecule has 3 aliphatic heterocycles. The zero-order chi connectivity index (χ0) is 34.5. The molecule has 4 heterocycles. The average molecular weight is 683 g/mol. The number of benzene rings is 2. The number of rotatable bonds is 9. The topological polar surface area (TPSA) is 120 Å². The number of hydrogen-bond donors (Lipinski definition) is 2. The fourth-order valence-corrected chi connectivity index (χ4v) is 6.71. The van der Waals surface area contributed by atoms with Crippen molar-refractivity contribution < 1.29 is 37.3 Å². The monoisotopic (exact) mass is 682 g/mol. The number of aliphatic hydroxyl groups excluding tert-OH is 1. The first kappa shape index (κ1) is 34.7. The van der Waals surface area contributed by atoms with Gasteiger partial charge in [0.15, 0.2) is 6.29 Å². The molecule has 2 N–H and O–H groups in total. The van der Waals surface area contributed by atoms with E-state index in [-0.39, 0.29) is 44.2 Å². The highest BCUT2D eigenvalue weighted by Crippen LogP contribution is 2.42. The van der Waals surface area contributed by atoms with Crippen molar-refractivity contribution in [1.82, 2.24) is 25.1 Å². The summed E-state index contributed by atoms with van der Waals surface area (Å²) in [5.41, 5.74) is 3.32. The molecular formula is C35H41F3N6O5. The largest absolute Gasteiger partial charge is 0.471 e. The van der Waals surface area contributed by atoms with Gasteiger partial charge in [-0.05, 0) is 35.6 Å². The van der Waals surface area contributed by atoms with Crippen molar-refractivity contribution in [1.29, 1.82) is 0 Å². The van der Waals surface area contributed by atoms with Crippen molar-refractivity contribution >= 4 is 17.8 Å². The van der Waals surface area contributed by atoms with E-state index in [2.05, 4.69) is 32.0 Å². The Morgan fingerprint density at radius 2 is 1.57 bits per heavy atom. The minimum atomic E-state index is -5.02. The third kappa shape index (κ3) is 8.20. The van der Waals surface area contributed by atoms with Crippen molar-refractivity contribution in [3.05, 3.63) is 89.2 Å². The Morgan fingerprint density at radius 1 is 0.918 bits per heavy atom. The van der Waals surface area contributed by atoms with Crippen LogP contribution in [0.3, 0.4) is 0 Å². The maximum Gasteiger partial charge on any atom is 0.471 e. The summed E-state index contributed by atoms with van der Waals surface area (Å²) in [6, 6.07) is 15.8. The first-order valence-corrected chi connectivity index (χ1v) is 16.6. The molecular weight excluding hydrogens is 641 g/mol.